The van der Waals surface area contributed by atoms with E-state index in [-0.39, 0.29) is 5.91 Å². The maximum absolute atomic E-state index is 12.2. The lowest BCUT2D eigenvalue weighted by atomic mass is 10.0. The Hall–Kier alpha value is -1.39. The number of carbonyl (C=O) groups excluding carboxylic acids is 1. The Labute approximate surface area is 127 Å². The van der Waals surface area contributed by atoms with Gasteiger partial charge in [-0.15, -0.1) is 0 Å². The van der Waals surface area contributed by atoms with Crippen LogP contribution in [-0.4, -0.2) is 36.5 Å². The molecule has 0 radical (unpaired) electrons. The first kappa shape index (κ1) is 16.0. The topological polar surface area (TPSA) is 58.4 Å². The number of nitrogens with zero attached hydrogens (tertiary/aromatic N) is 1. The molecule has 1 aromatic rings. The third-order valence-corrected chi connectivity index (χ3v) is 4.23. The predicted molar refractivity (Wildman–Crippen MR) is 87.4 cm³/mol. The molecule has 21 heavy (non-hydrogen) atoms. The lowest BCUT2D eigenvalue weighted by molar-refractivity contribution is -0.118. The molecule has 1 heterocycles. The highest BCUT2D eigenvalue weighted by Crippen LogP contribution is 2.18. The number of hydrogen-bond acceptors (Lipinski definition) is 3. The van der Waals surface area contributed by atoms with Crippen molar-refractivity contribution in [1.29, 1.82) is 0 Å². The third kappa shape index (κ3) is 4.55. The molecule has 0 spiro atoms. The number of nitrogens with one attached hydrogen (secondary N) is 1. The van der Waals surface area contributed by atoms with Gasteiger partial charge in [0, 0.05) is 18.3 Å². The molecule has 4 nitrogen and oxygen atoms in total. The minimum Gasteiger partial charge on any atom is -0.329 e. The van der Waals surface area contributed by atoms with Crippen molar-refractivity contribution in [3.05, 3.63) is 29.8 Å². The molecule has 4 heteroatoms. The SMILES string of the molecule is CC(C)c1ccc(NC(=O)CN2CCCCC2CN)cc1. The summed E-state index contributed by atoms with van der Waals surface area (Å²) in [5.41, 5.74) is 7.94. The van der Waals surface area contributed by atoms with Gasteiger partial charge in [0.15, 0.2) is 0 Å². The van der Waals surface area contributed by atoms with Crippen LogP contribution in [0.3, 0.4) is 0 Å². The molecule has 0 aliphatic carbocycles. The number of anilines is 1. The summed E-state index contributed by atoms with van der Waals surface area (Å²) in [6, 6.07) is 8.45. The van der Waals surface area contributed by atoms with Gasteiger partial charge in [0.25, 0.3) is 0 Å². The van der Waals surface area contributed by atoms with Crippen LogP contribution in [0.2, 0.25) is 0 Å². The normalized spacial score (nSPS) is 19.7. The minimum atomic E-state index is 0.0487. The van der Waals surface area contributed by atoms with Crippen LogP contribution in [0.5, 0.6) is 0 Å². The van der Waals surface area contributed by atoms with Crippen molar-refractivity contribution in [1.82, 2.24) is 4.90 Å². The predicted octanol–water partition coefficient (Wildman–Crippen LogP) is 2.56. The van der Waals surface area contributed by atoms with Gasteiger partial charge in [-0.1, -0.05) is 32.4 Å². The monoisotopic (exact) mass is 289 g/mol. The van der Waals surface area contributed by atoms with Crippen molar-refractivity contribution in [2.45, 2.75) is 45.1 Å². The van der Waals surface area contributed by atoms with Crippen LogP contribution in [0.25, 0.3) is 0 Å². The summed E-state index contributed by atoms with van der Waals surface area (Å²) < 4.78 is 0. The van der Waals surface area contributed by atoms with Crippen molar-refractivity contribution in [2.75, 3.05) is 25.0 Å². The van der Waals surface area contributed by atoms with E-state index in [9.17, 15) is 4.79 Å². The van der Waals surface area contributed by atoms with Crippen LogP contribution in [0.1, 0.15) is 44.6 Å². The molecule has 1 aromatic carbocycles. The van der Waals surface area contributed by atoms with Crippen LogP contribution < -0.4 is 11.1 Å². The number of likely N-dealkylation sites (tertiary alicyclic amines) is 1. The second-order valence-electron chi connectivity index (χ2n) is 6.18. The minimum absolute atomic E-state index is 0.0487. The van der Waals surface area contributed by atoms with Gasteiger partial charge in [0.05, 0.1) is 6.54 Å². The number of hydrogen-bond donors (Lipinski definition) is 2. The third-order valence-electron chi connectivity index (χ3n) is 4.23. The molecule has 0 bridgehead atoms. The maximum atomic E-state index is 12.2. The quantitative estimate of drug-likeness (QED) is 0.876. The van der Waals surface area contributed by atoms with Crippen molar-refractivity contribution in [3.8, 4) is 0 Å². The number of carbonyl (C=O) groups is 1. The van der Waals surface area contributed by atoms with Crippen LogP contribution in [0.4, 0.5) is 5.69 Å². The van der Waals surface area contributed by atoms with E-state index in [2.05, 4.69) is 36.2 Å². The van der Waals surface area contributed by atoms with E-state index in [1.807, 2.05) is 12.1 Å². The molecule has 1 unspecified atom stereocenters. The Kier molecular flexibility index (Phi) is 5.76. The number of rotatable bonds is 5. The van der Waals surface area contributed by atoms with Crippen molar-refractivity contribution in [3.63, 3.8) is 0 Å². The number of benzene rings is 1. The van der Waals surface area contributed by atoms with E-state index in [1.54, 1.807) is 0 Å². The summed E-state index contributed by atoms with van der Waals surface area (Å²) in [5.74, 6) is 0.557. The van der Waals surface area contributed by atoms with Gasteiger partial charge in [-0.25, -0.2) is 0 Å². The van der Waals surface area contributed by atoms with Crippen molar-refractivity contribution >= 4 is 11.6 Å². The molecule has 3 N–H and O–H groups in total. The molecule has 116 valence electrons. The maximum Gasteiger partial charge on any atom is 0.238 e. The van der Waals surface area contributed by atoms with E-state index in [1.165, 1.54) is 12.0 Å². The average molecular weight is 289 g/mol. The van der Waals surface area contributed by atoms with Crippen LogP contribution in [-0.2, 0) is 4.79 Å². The van der Waals surface area contributed by atoms with Gasteiger partial charge in [-0.3, -0.25) is 9.69 Å². The molecule has 1 saturated heterocycles. The fraction of sp³-hybridized carbons (Fsp3) is 0.588. The average Bonchev–Trinajstić information content (AvgIpc) is 2.48. The van der Waals surface area contributed by atoms with Crippen LogP contribution in [0, 0.1) is 0 Å². The zero-order valence-corrected chi connectivity index (χ0v) is 13.1. The molecular weight excluding hydrogens is 262 g/mol. The van der Waals surface area contributed by atoms with Gasteiger partial charge in [0.1, 0.15) is 0 Å². The molecular formula is C17H27N3O. The second kappa shape index (κ2) is 7.57. The van der Waals surface area contributed by atoms with E-state index < -0.39 is 0 Å². The van der Waals surface area contributed by atoms with Crippen LogP contribution in [0.15, 0.2) is 24.3 Å². The van der Waals surface area contributed by atoms with E-state index in [0.29, 0.717) is 25.0 Å². The Morgan fingerprint density at radius 3 is 2.67 bits per heavy atom. The summed E-state index contributed by atoms with van der Waals surface area (Å²) in [4.78, 5) is 14.4. The zero-order valence-electron chi connectivity index (χ0n) is 13.1. The summed E-state index contributed by atoms with van der Waals surface area (Å²) in [5, 5.41) is 2.98. The number of piperidine rings is 1. The van der Waals surface area contributed by atoms with Gasteiger partial charge < -0.3 is 11.1 Å². The molecule has 0 aromatic heterocycles. The summed E-state index contributed by atoms with van der Waals surface area (Å²) >= 11 is 0. The van der Waals surface area contributed by atoms with E-state index >= 15 is 0 Å². The smallest absolute Gasteiger partial charge is 0.238 e. The van der Waals surface area contributed by atoms with Gasteiger partial charge in [-0.2, -0.15) is 0 Å². The number of amides is 1. The first-order valence-corrected chi connectivity index (χ1v) is 7.94. The van der Waals surface area contributed by atoms with Gasteiger partial charge in [-0.05, 0) is 43.0 Å². The first-order chi connectivity index (χ1) is 10.1. The molecule has 1 amide bonds. The van der Waals surface area contributed by atoms with Crippen molar-refractivity contribution < 1.29 is 4.79 Å². The highest BCUT2D eigenvalue weighted by molar-refractivity contribution is 5.92. The molecule has 2 rings (SSSR count). The molecule has 1 aliphatic rings. The Morgan fingerprint density at radius 2 is 2.05 bits per heavy atom. The Balaban J connectivity index is 1.88. The first-order valence-electron chi connectivity index (χ1n) is 7.94. The summed E-state index contributed by atoms with van der Waals surface area (Å²) in [7, 11) is 0. The number of nitrogens with two attached hydrogens (primary N) is 1. The zero-order chi connectivity index (χ0) is 15.2. The standard InChI is InChI=1S/C17H27N3O/c1-13(2)14-6-8-15(9-7-14)19-17(21)12-20-10-4-3-5-16(20)11-18/h6-9,13,16H,3-5,10-12,18H2,1-2H3,(H,19,21). The Bertz CT molecular complexity index is 456. The van der Waals surface area contributed by atoms with E-state index in [0.717, 1.165) is 25.1 Å². The lowest BCUT2D eigenvalue weighted by Gasteiger charge is -2.34. The fourth-order valence-corrected chi connectivity index (χ4v) is 2.87. The largest absolute Gasteiger partial charge is 0.329 e. The summed E-state index contributed by atoms with van der Waals surface area (Å²) in [6.07, 6.45) is 3.48. The van der Waals surface area contributed by atoms with Gasteiger partial charge in [0.2, 0.25) is 5.91 Å². The van der Waals surface area contributed by atoms with Crippen molar-refractivity contribution in [2.24, 2.45) is 5.73 Å². The molecule has 1 atom stereocenters. The Morgan fingerprint density at radius 1 is 1.33 bits per heavy atom. The highest BCUT2D eigenvalue weighted by atomic mass is 16.2. The van der Waals surface area contributed by atoms with Gasteiger partial charge >= 0.3 is 0 Å². The molecule has 1 aliphatic heterocycles. The highest BCUT2D eigenvalue weighted by Gasteiger charge is 2.22. The van der Waals surface area contributed by atoms with Crippen LogP contribution >= 0.6 is 0 Å². The molecule has 0 saturated carbocycles. The molecule has 1 fully saturated rings. The fourth-order valence-electron chi connectivity index (χ4n) is 2.87. The summed E-state index contributed by atoms with van der Waals surface area (Å²) in [6.45, 7) is 6.37. The lowest BCUT2D eigenvalue weighted by Crippen LogP contribution is -2.47. The van der Waals surface area contributed by atoms with E-state index in [4.69, 9.17) is 5.73 Å². The second-order valence-corrected chi connectivity index (χ2v) is 6.18.